The Bertz CT molecular complexity index is 891. The second-order valence-corrected chi connectivity index (χ2v) is 8.64. The molecule has 0 aliphatic carbocycles. The number of ether oxygens (including phenoxy) is 1. The van der Waals surface area contributed by atoms with Gasteiger partial charge in [0.05, 0.1) is 5.41 Å². The molecule has 1 unspecified atom stereocenters. The highest BCUT2D eigenvalue weighted by molar-refractivity contribution is 7.07. The van der Waals surface area contributed by atoms with Gasteiger partial charge < -0.3 is 19.2 Å². The zero-order chi connectivity index (χ0) is 22.4. The number of rotatable bonds is 5. The Labute approximate surface area is 183 Å². The van der Waals surface area contributed by atoms with E-state index in [1.807, 2.05) is 7.05 Å². The van der Waals surface area contributed by atoms with Crippen molar-refractivity contribution in [2.24, 2.45) is 5.41 Å². The quantitative estimate of drug-likeness (QED) is 0.536. The summed E-state index contributed by atoms with van der Waals surface area (Å²) in [5, 5.41) is 18.6. The molecule has 0 aromatic carbocycles. The Morgan fingerprint density at radius 1 is 1.42 bits per heavy atom. The number of aromatic nitrogens is 2. The molecule has 0 saturated carbocycles. The lowest BCUT2D eigenvalue weighted by molar-refractivity contribution is -0.151. The molecule has 1 spiro atoms. The summed E-state index contributed by atoms with van der Waals surface area (Å²) in [6, 6.07) is 2.11. The molecule has 2 aromatic rings. The molecule has 4 rings (SSSR count). The van der Waals surface area contributed by atoms with Gasteiger partial charge in [-0.1, -0.05) is 0 Å². The third-order valence-corrected chi connectivity index (χ3v) is 6.32. The lowest BCUT2D eigenvalue weighted by atomic mass is 9.76. The topological polar surface area (TPSA) is 126 Å². The van der Waals surface area contributed by atoms with Gasteiger partial charge in [-0.2, -0.15) is 11.3 Å². The summed E-state index contributed by atoms with van der Waals surface area (Å²) >= 11 is 1.69. The Kier molecular flexibility index (Phi) is 7.39. The smallest absolute Gasteiger partial charge is 0.312 e. The van der Waals surface area contributed by atoms with E-state index in [1.54, 1.807) is 23.2 Å². The van der Waals surface area contributed by atoms with Crippen LogP contribution in [0.1, 0.15) is 41.4 Å². The first-order valence-corrected chi connectivity index (χ1v) is 10.9. The second kappa shape index (κ2) is 10.0. The monoisotopic (exact) mass is 450 g/mol. The molecule has 2 aromatic heterocycles. The summed E-state index contributed by atoms with van der Waals surface area (Å²) in [5.41, 5.74) is 0.796. The minimum absolute atomic E-state index is 0.00961. The highest BCUT2D eigenvalue weighted by atomic mass is 32.1. The number of aryl methyl sites for hydroxylation is 1. The molecule has 31 heavy (non-hydrogen) atoms. The van der Waals surface area contributed by atoms with E-state index in [0.29, 0.717) is 44.8 Å². The Morgan fingerprint density at radius 2 is 2.13 bits per heavy atom. The van der Waals surface area contributed by atoms with E-state index < -0.39 is 5.41 Å². The van der Waals surface area contributed by atoms with Crippen LogP contribution in [-0.4, -0.2) is 76.2 Å². The fraction of sp³-hybridized carbons (Fsp3) is 0.550. The molecule has 1 N–H and O–H groups in total. The number of carboxylic acid groups (broad SMARTS) is 1. The van der Waals surface area contributed by atoms with Crippen LogP contribution >= 0.6 is 11.3 Å². The maximum atomic E-state index is 12.6. The molecule has 168 valence electrons. The van der Waals surface area contributed by atoms with Crippen LogP contribution in [0.25, 0.3) is 0 Å². The summed E-state index contributed by atoms with van der Waals surface area (Å²) in [6.07, 6.45) is 1.82. The van der Waals surface area contributed by atoms with Gasteiger partial charge in [-0.05, 0) is 42.3 Å². The Hall–Kier alpha value is -2.79. The molecule has 1 atom stereocenters. The lowest BCUT2D eigenvalue weighted by Gasteiger charge is -2.35. The van der Waals surface area contributed by atoms with Crippen molar-refractivity contribution in [3.63, 3.8) is 0 Å². The van der Waals surface area contributed by atoms with E-state index in [9.17, 15) is 9.59 Å². The molecule has 0 bridgehead atoms. The number of esters is 1. The number of piperidine rings is 1. The molecule has 2 aliphatic rings. The van der Waals surface area contributed by atoms with Crippen LogP contribution in [0.15, 0.2) is 21.2 Å². The van der Waals surface area contributed by atoms with Gasteiger partial charge in [0.25, 0.3) is 6.47 Å². The highest BCUT2D eigenvalue weighted by Crippen LogP contribution is 2.43. The summed E-state index contributed by atoms with van der Waals surface area (Å²) < 4.78 is 10.9. The molecule has 1 amide bonds. The molecule has 0 radical (unpaired) electrons. The first-order valence-electron chi connectivity index (χ1n) is 9.95. The van der Waals surface area contributed by atoms with Crippen LogP contribution in [-0.2, 0) is 20.9 Å². The number of carbonyl (C=O) groups is 3. The number of carbonyl (C=O) groups excluding carboxylic acids is 2. The van der Waals surface area contributed by atoms with Crippen molar-refractivity contribution in [1.82, 2.24) is 20.0 Å². The van der Waals surface area contributed by atoms with Crippen LogP contribution in [0.2, 0.25) is 0 Å². The average Bonchev–Trinajstić information content (AvgIpc) is 3.45. The van der Waals surface area contributed by atoms with Gasteiger partial charge in [-0.3, -0.25) is 19.3 Å². The van der Waals surface area contributed by atoms with Gasteiger partial charge in [0, 0.05) is 39.5 Å². The number of cyclic esters (lactones) is 1. The third kappa shape index (κ3) is 5.47. The Morgan fingerprint density at radius 3 is 2.71 bits per heavy atom. The SMILES string of the molecule is Cc1nnc(C(=O)N2CCC3(CC2)CC(CN(C)Cc2ccsc2)OC3=O)o1.O=CO. The van der Waals surface area contributed by atoms with Crippen LogP contribution in [0.4, 0.5) is 0 Å². The molecule has 2 fully saturated rings. The Balaban J connectivity index is 0.000000858. The van der Waals surface area contributed by atoms with E-state index in [2.05, 4.69) is 31.9 Å². The number of likely N-dealkylation sites (N-methyl/N-ethyl adjacent to an activating group) is 1. The van der Waals surface area contributed by atoms with Gasteiger partial charge in [0.1, 0.15) is 6.10 Å². The molecule has 11 heteroatoms. The number of likely N-dealkylation sites (tertiary alicyclic amines) is 1. The van der Waals surface area contributed by atoms with Crippen molar-refractivity contribution in [3.05, 3.63) is 34.2 Å². The molecule has 10 nitrogen and oxygen atoms in total. The molecule has 4 heterocycles. The summed E-state index contributed by atoms with van der Waals surface area (Å²) in [7, 11) is 2.05. The van der Waals surface area contributed by atoms with Gasteiger partial charge >= 0.3 is 17.8 Å². The number of hydrogen-bond acceptors (Lipinski definition) is 9. The van der Waals surface area contributed by atoms with Crippen LogP contribution in [0, 0.1) is 12.3 Å². The predicted molar refractivity (Wildman–Crippen MR) is 110 cm³/mol. The lowest BCUT2D eigenvalue weighted by Crippen LogP contribution is -2.45. The molecule has 2 aliphatic heterocycles. The minimum atomic E-state index is -0.477. The highest BCUT2D eigenvalue weighted by Gasteiger charge is 2.51. The van der Waals surface area contributed by atoms with E-state index in [4.69, 9.17) is 19.1 Å². The van der Waals surface area contributed by atoms with Gasteiger partial charge in [-0.25, -0.2) is 0 Å². The van der Waals surface area contributed by atoms with Gasteiger partial charge in [0.15, 0.2) is 0 Å². The summed E-state index contributed by atoms with van der Waals surface area (Å²) in [6.45, 7) is 3.95. The van der Waals surface area contributed by atoms with Gasteiger partial charge in [0.2, 0.25) is 5.89 Å². The maximum Gasteiger partial charge on any atom is 0.312 e. The van der Waals surface area contributed by atoms with Crippen LogP contribution in [0.3, 0.4) is 0 Å². The summed E-state index contributed by atoms with van der Waals surface area (Å²) in [4.78, 5) is 37.3. The molecular formula is C20H26N4O6S. The van der Waals surface area contributed by atoms with Gasteiger partial charge in [-0.15, -0.1) is 10.2 Å². The standard InChI is InChI=1S/C19H24N4O4S.CH2O2/c1-13-20-21-16(26-13)17(24)23-6-4-19(5-7-23)9-15(27-18(19)25)11-22(2)10-14-3-8-28-12-14;2-1-3/h3,8,12,15H,4-7,9-11H2,1-2H3;1H,(H,2,3). The third-order valence-electron chi connectivity index (χ3n) is 5.59. The first kappa shape index (κ1) is 22.9. The second-order valence-electron chi connectivity index (χ2n) is 7.86. The fourth-order valence-corrected chi connectivity index (χ4v) is 4.77. The largest absolute Gasteiger partial charge is 0.483 e. The molecule has 2 saturated heterocycles. The van der Waals surface area contributed by atoms with Crippen LogP contribution in [0.5, 0.6) is 0 Å². The number of thiophene rings is 1. The number of hydrogen-bond donors (Lipinski definition) is 1. The summed E-state index contributed by atoms with van der Waals surface area (Å²) in [5.74, 6) is -0.0166. The van der Waals surface area contributed by atoms with Crippen molar-refractivity contribution < 1.29 is 28.6 Å². The van der Waals surface area contributed by atoms with E-state index in [0.717, 1.165) is 6.54 Å². The van der Waals surface area contributed by atoms with E-state index >= 15 is 0 Å². The number of nitrogens with zero attached hydrogens (tertiary/aromatic N) is 4. The number of amides is 1. The van der Waals surface area contributed by atoms with Crippen molar-refractivity contribution in [2.75, 3.05) is 26.7 Å². The van der Waals surface area contributed by atoms with Crippen LogP contribution < -0.4 is 0 Å². The maximum absolute atomic E-state index is 12.6. The van der Waals surface area contributed by atoms with E-state index in [-0.39, 0.29) is 30.3 Å². The molecular weight excluding hydrogens is 424 g/mol. The zero-order valence-corrected chi connectivity index (χ0v) is 18.3. The average molecular weight is 451 g/mol. The normalized spacial score (nSPS) is 19.8. The van der Waals surface area contributed by atoms with Crippen molar-refractivity contribution in [2.45, 2.75) is 38.8 Å². The zero-order valence-electron chi connectivity index (χ0n) is 17.5. The van der Waals surface area contributed by atoms with E-state index in [1.165, 1.54) is 5.56 Å². The van der Waals surface area contributed by atoms with Crippen molar-refractivity contribution in [3.8, 4) is 0 Å². The fourth-order valence-electron chi connectivity index (χ4n) is 4.11. The predicted octanol–water partition coefficient (Wildman–Crippen LogP) is 1.81. The van der Waals surface area contributed by atoms with Crippen molar-refractivity contribution in [1.29, 1.82) is 0 Å². The minimum Gasteiger partial charge on any atom is -0.483 e. The van der Waals surface area contributed by atoms with Crippen molar-refractivity contribution >= 4 is 29.7 Å². The first-order chi connectivity index (χ1) is 14.9.